The number of rotatable bonds is 3. The molecule has 0 spiro atoms. The molecule has 0 radical (unpaired) electrons. The van der Waals surface area contributed by atoms with E-state index in [1.807, 2.05) is 13.8 Å². The molecule has 1 aliphatic heterocycles. The highest BCUT2D eigenvalue weighted by Gasteiger charge is 2.33. The van der Waals surface area contributed by atoms with Crippen LogP contribution in [-0.2, 0) is 9.59 Å². The molecule has 4 amide bonds. The van der Waals surface area contributed by atoms with Gasteiger partial charge in [0.05, 0.1) is 11.7 Å². The number of nitrogens with zero attached hydrogens (tertiary/aromatic N) is 2. The van der Waals surface area contributed by atoms with Gasteiger partial charge < -0.3 is 16.0 Å². The maximum atomic E-state index is 12.5. The van der Waals surface area contributed by atoms with Crippen molar-refractivity contribution in [3.05, 3.63) is 24.3 Å². The molecule has 7 heteroatoms. The van der Waals surface area contributed by atoms with Gasteiger partial charge in [-0.1, -0.05) is 6.07 Å². The molecule has 1 aliphatic rings. The summed E-state index contributed by atoms with van der Waals surface area (Å²) in [6.45, 7) is 5.61. The van der Waals surface area contributed by atoms with E-state index in [0.717, 1.165) is 4.90 Å². The first-order valence-corrected chi connectivity index (χ1v) is 7.55. The van der Waals surface area contributed by atoms with Gasteiger partial charge in [-0.15, -0.1) is 0 Å². The van der Waals surface area contributed by atoms with Crippen LogP contribution in [0, 0.1) is 0 Å². The monoisotopic (exact) mass is 318 g/mol. The van der Waals surface area contributed by atoms with Gasteiger partial charge in [0.2, 0.25) is 11.8 Å². The maximum Gasteiger partial charge on any atom is 0.329 e. The molecule has 1 saturated heterocycles. The van der Waals surface area contributed by atoms with Gasteiger partial charge in [0.25, 0.3) is 0 Å². The first kappa shape index (κ1) is 16.8. The van der Waals surface area contributed by atoms with Gasteiger partial charge in [-0.3, -0.25) is 9.59 Å². The zero-order chi connectivity index (χ0) is 17.1. The van der Waals surface area contributed by atoms with Crippen molar-refractivity contribution >= 4 is 29.2 Å². The second kappa shape index (κ2) is 6.68. The summed E-state index contributed by atoms with van der Waals surface area (Å²) >= 11 is 0. The number of carbonyl (C=O) groups is 3. The molecule has 1 aromatic rings. The van der Waals surface area contributed by atoms with Crippen LogP contribution in [0.4, 0.5) is 16.2 Å². The van der Waals surface area contributed by atoms with Crippen molar-refractivity contribution in [2.45, 2.75) is 39.3 Å². The minimum absolute atomic E-state index is 0.00336. The van der Waals surface area contributed by atoms with Crippen LogP contribution in [0.2, 0.25) is 0 Å². The van der Waals surface area contributed by atoms with Gasteiger partial charge in [-0.05, 0) is 32.0 Å². The topological polar surface area (TPSA) is 95.7 Å². The van der Waals surface area contributed by atoms with E-state index in [4.69, 9.17) is 5.73 Å². The van der Waals surface area contributed by atoms with Crippen LogP contribution in [0.15, 0.2) is 24.3 Å². The number of benzene rings is 1. The Hall–Kier alpha value is -2.57. The molecule has 0 bridgehead atoms. The number of urea groups is 1. The van der Waals surface area contributed by atoms with Gasteiger partial charge in [-0.2, -0.15) is 0 Å². The second-order valence-corrected chi connectivity index (χ2v) is 5.94. The summed E-state index contributed by atoms with van der Waals surface area (Å²) in [5.41, 5.74) is 6.57. The minimum Gasteiger partial charge on any atom is -0.399 e. The Labute approximate surface area is 135 Å². The van der Waals surface area contributed by atoms with E-state index in [9.17, 15) is 14.4 Å². The zero-order valence-electron chi connectivity index (χ0n) is 13.6. The molecule has 124 valence electrons. The van der Waals surface area contributed by atoms with E-state index >= 15 is 0 Å². The Balaban J connectivity index is 2.11. The Morgan fingerprint density at radius 1 is 1.39 bits per heavy atom. The van der Waals surface area contributed by atoms with Gasteiger partial charge >= 0.3 is 6.03 Å². The zero-order valence-corrected chi connectivity index (χ0v) is 13.6. The number of amides is 4. The lowest BCUT2D eigenvalue weighted by molar-refractivity contribution is -0.129. The summed E-state index contributed by atoms with van der Waals surface area (Å²) in [5, 5.41) is 2.76. The SMILES string of the molecule is CC(=O)N(C(=O)NC1CC(=O)N(C(C)C)C1)c1cccc(N)c1. The molecular weight excluding hydrogens is 296 g/mol. The van der Waals surface area contributed by atoms with E-state index in [1.165, 1.54) is 6.92 Å². The van der Waals surface area contributed by atoms with Crippen molar-refractivity contribution < 1.29 is 14.4 Å². The highest BCUT2D eigenvalue weighted by atomic mass is 16.2. The summed E-state index contributed by atoms with van der Waals surface area (Å²) in [6.07, 6.45) is 0.243. The van der Waals surface area contributed by atoms with Gasteiger partial charge in [0.1, 0.15) is 0 Å². The summed E-state index contributed by atoms with van der Waals surface area (Å²) < 4.78 is 0. The predicted molar refractivity (Wildman–Crippen MR) is 87.8 cm³/mol. The number of imide groups is 1. The number of nitrogens with two attached hydrogens (primary N) is 1. The lowest BCUT2D eigenvalue weighted by Gasteiger charge is -2.24. The number of carbonyl (C=O) groups excluding carboxylic acids is 3. The molecule has 1 atom stereocenters. The molecule has 7 nitrogen and oxygen atoms in total. The fourth-order valence-electron chi connectivity index (χ4n) is 2.67. The molecule has 1 heterocycles. The smallest absolute Gasteiger partial charge is 0.329 e. The number of hydrogen-bond acceptors (Lipinski definition) is 4. The Kier molecular flexibility index (Phi) is 4.88. The van der Waals surface area contributed by atoms with E-state index in [2.05, 4.69) is 5.32 Å². The summed E-state index contributed by atoms with van der Waals surface area (Å²) in [4.78, 5) is 39.0. The molecule has 0 aliphatic carbocycles. The van der Waals surface area contributed by atoms with Crippen molar-refractivity contribution in [3.63, 3.8) is 0 Å². The number of anilines is 2. The molecule has 23 heavy (non-hydrogen) atoms. The summed E-state index contributed by atoms with van der Waals surface area (Å²) in [5.74, 6) is -0.415. The van der Waals surface area contributed by atoms with Gasteiger partial charge in [-0.25, -0.2) is 9.69 Å². The molecule has 1 unspecified atom stereocenters. The van der Waals surface area contributed by atoms with Crippen LogP contribution in [-0.4, -0.2) is 41.4 Å². The lowest BCUT2D eigenvalue weighted by Crippen LogP contribution is -2.48. The van der Waals surface area contributed by atoms with Crippen LogP contribution in [0.25, 0.3) is 0 Å². The van der Waals surface area contributed by atoms with Crippen LogP contribution >= 0.6 is 0 Å². The molecule has 1 fully saturated rings. The third-order valence-electron chi connectivity index (χ3n) is 3.76. The Morgan fingerprint density at radius 2 is 2.09 bits per heavy atom. The first-order chi connectivity index (χ1) is 10.8. The average molecular weight is 318 g/mol. The van der Waals surface area contributed by atoms with E-state index < -0.39 is 11.9 Å². The second-order valence-electron chi connectivity index (χ2n) is 5.94. The molecule has 0 aromatic heterocycles. The first-order valence-electron chi connectivity index (χ1n) is 7.55. The van der Waals surface area contributed by atoms with Crippen molar-refractivity contribution in [2.24, 2.45) is 0 Å². The molecule has 1 aromatic carbocycles. The fourth-order valence-corrected chi connectivity index (χ4v) is 2.67. The Bertz CT molecular complexity index is 630. The largest absolute Gasteiger partial charge is 0.399 e. The number of nitrogens with one attached hydrogen (secondary N) is 1. The third-order valence-corrected chi connectivity index (χ3v) is 3.76. The number of nitrogen functional groups attached to an aromatic ring is 1. The van der Waals surface area contributed by atoms with Crippen LogP contribution in [0.3, 0.4) is 0 Å². The minimum atomic E-state index is -0.550. The van der Waals surface area contributed by atoms with E-state index in [0.29, 0.717) is 17.9 Å². The number of hydrogen-bond donors (Lipinski definition) is 2. The Morgan fingerprint density at radius 3 is 2.61 bits per heavy atom. The van der Waals surface area contributed by atoms with Crippen LogP contribution in [0.1, 0.15) is 27.2 Å². The fraction of sp³-hybridized carbons (Fsp3) is 0.438. The third kappa shape index (κ3) is 3.80. The standard InChI is InChI=1S/C16H22N4O3/c1-10(2)19-9-13(8-15(19)22)18-16(23)20(11(3)21)14-6-4-5-12(17)7-14/h4-7,10,13H,8-9,17H2,1-3H3,(H,18,23). The van der Waals surface area contributed by atoms with Crippen molar-refractivity contribution in [1.82, 2.24) is 10.2 Å². The van der Waals surface area contributed by atoms with Crippen molar-refractivity contribution in [2.75, 3.05) is 17.2 Å². The maximum absolute atomic E-state index is 12.5. The molecule has 0 saturated carbocycles. The van der Waals surface area contributed by atoms with E-state index in [1.54, 1.807) is 29.2 Å². The predicted octanol–water partition coefficient (Wildman–Crippen LogP) is 1.34. The highest BCUT2D eigenvalue weighted by Crippen LogP contribution is 2.19. The highest BCUT2D eigenvalue weighted by molar-refractivity contribution is 6.13. The van der Waals surface area contributed by atoms with Gasteiger partial charge in [0.15, 0.2) is 0 Å². The molecule has 3 N–H and O–H groups in total. The van der Waals surface area contributed by atoms with Crippen molar-refractivity contribution in [3.8, 4) is 0 Å². The normalized spacial score (nSPS) is 17.5. The summed E-state index contributed by atoms with van der Waals surface area (Å²) in [6, 6.07) is 5.77. The van der Waals surface area contributed by atoms with Crippen LogP contribution in [0.5, 0.6) is 0 Å². The van der Waals surface area contributed by atoms with Crippen molar-refractivity contribution in [1.29, 1.82) is 0 Å². The molecular formula is C16H22N4O3. The lowest BCUT2D eigenvalue weighted by atomic mass is 10.2. The van der Waals surface area contributed by atoms with E-state index in [-0.39, 0.29) is 24.4 Å². The average Bonchev–Trinajstić information content (AvgIpc) is 2.79. The molecule has 2 rings (SSSR count). The quantitative estimate of drug-likeness (QED) is 0.822. The number of likely N-dealkylation sites (tertiary alicyclic amines) is 1. The van der Waals surface area contributed by atoms with Gasteiger partial charge in [0, 0.05) is 31.6 Å². The summed E-state index contributed by atoms with van der Waals surface area (Å²) in [7, 11) is 0. The van der Waals surface area contributed by atoms with Crippen LogP contribution < -0.4 is 16.0 Å².